The van der Waals surface area contributed by atoms with E-state index in [1.165, 1.54) is 39.0 Å². The molecular weight excluding hydrogens is 264 g/mol. The second-order valence-corrected chi connectivity index (χ2v) is 5.92. The molecule has 1 atom stereocenters. The molecule has 21 heavy (non-hydrogen) atoms. The third-order valence-corrected chi connectivity index (χ3v) is 4.24. The number of ketones is 1. The van der Waals surface area contributed by atoms with Gasteiger partial charge in [0.1, 0.15) is 0 Å². The van der Waals surface area contributed by atoms with E-state index in [4.69, 9.17) is 0 Å². The molecule has 1 aliphatic carbocycles. The smallest absolute Gasteiger partial charge is 0.319 e. The topological polar surface area (TPSA) is 58.2 Å². The van der Waals surface area contributed by atoms with Crippen molar-refractivity contribution in [3.63, 3.8) is 0 Å². The number of hydrogen-bond donors (Lipinski definition) is 2. The number of benzene rings is 1. The number of carbonyl (C=O) groups is 2. The van der Waals surface area contributed by atoms with Crippen molar-refractivity contribution in [2.45, 2.75) is 52.0 Å². The van der Waals surface area contributed by atoms with Crippen LogP contribution >= 0.6 is 0 Å². The summed E-state index contributed by atoms with van der Waals surface area (Å²) in [6.07, 6.45) is 6.23. The van der Waals surface area contributed by atoms with Gasteiger partial charge < -0.3 is 10.6 Å². The minimum absolute atomic E-state index is 0.00497. The highest BCUT2D eigenvalue weighted by atomic mass is 16.2. The first kappa shape index (κ1) is 15.5. The van der Waals surface area contributed by atoms with Gasteiger partial charge in [-0.25, -0.2) is 4.79 Å². The lowest BCUT2D eigenvalue weighted by atomic mass is 9.85. The first-order valence-corrected chi connectivity index (χ1v) is 7.75. The summed E-state index contributed by atoms with van der Waals surface area (Å²) < 4.78 is 0. The van der Waals surface area contributed by atoms with Crippen molar-refractivity contribution in [3.05, 3.63) is 29.8 Å². The summed E-state index contributed by atoms with van der Waals surface area (Å²) in [4.78, 5) is 23.4. The lowest BCUT2D eigenvalue weighted by molar-refractivity contribution is 0.101. The minimum atomic E-state index is -0.200. The van der Waals surface area contributed by atoms with Crippen LogP contribution in [0.5, 0.6) is 0 Å². The lowest BCUT2D eigenvalue weighted by Gasteiger charge is -2.28. The summed E-state index contributed by atoms with van der Waals surface area (Å²) in [6, 6.07) is 6.99. The Morgan fingerprint density at radius 3 is 2.57 bits per heavy atom. The average Bonchev–Trinajstić information content (AvgIpc) is 2.48. The van der Waals surface area contributed by atoms with Crippen LogP contribution in [0.1, 0.15) is 56.3 Å². The van der Waals surface area contributed by atoms with E-state index in [0.717, 1.165) is 0 Å². The Kier molecular flexibility index (Phi) is 5.37. The van der Waals surface area contributed by atoms with E-state index < -0.39 is 0 Å². The van der Waals surface area contributed by atoms with Gasteiger partial charge in [-0.1, -0.05) is 31.4 Å². The third-order valence-electron chi connectivity index (χ3n) is 4.24. The van der Waals surface area contributed by atoms with E-state index >= 15 is 0 Å². The van der Waals surface area contributed by atoms with E-state index in [9.17, 15) is 9.59 Å². The summed E-state index contributed by atoms with van der Waals surface area (Å²) in [5.41, 5.74) is 1.25. The normalized spacial score (nSPS) is 17.0. The molecule has 1 aromatic rings. The van der Waals surface area contributed by atoms with Crippen molar-refractivity contribution in [1.29, 1.82) is 0 Å². The highest BCUT2D eigenvalue weighted by Crippen LogP contribution is 2.26. The van der Waals surface area contributed by atoms with Crippen molar-refractivity contribution in [2.24, 2.45) is 5.92 Å². The maximum Gasteiger partial charge on any atom is 0.319 e. The monoisotopic (exact) mass is 288 g/mol. The summed E-state index contributed by atoms with van der Waals surface area (Å²) in [5.74, 6) is 0.572. The Hall–Kier alpha value is -1.84. The van der Waals surface area contributed by atoms with Crippen LogP contribution in [0.3, 0.4) is 0 Å². The molecule has 1 aromatic carbocycles. The summed E-state index contributed by atoms with van der Waals surface area (Å²) in [6.45, 7) is 3.59. The molecule has 4 nitrogen and oxygen atoms in total. The second kappa shape index (κ2) is 7.25. The van der Waals surface area contributed by atoms with Crippen molar-refractivity contribution in [2.75, 3.05) is 5.32 Å². The van der Waals surface area contributed by atoms with Gasteiger partial charge in [0, 0.05) is 17.3 Å². The van der Waals surface area contributed by atoms with Crippen LogP contribution < -0.4 is 10.6 Å². The zero-order valence-corrected chi connectivity index (χ0v) is 12.8. The Labute approximate surface area is 126 Å². The van der Waals surface area contributed by atoms with Gasteiger partial charge in [-0.3, -0.25) is 4.79 Å². The molecule has 0 aromatic heterocycles. The largest absolute Gasteiger partial charge is 0.335 e. The van der Waals surface area contributed by atoms with Crippen LogP contribution in [0.15, 0.2) is 24.3 Å². The number of Topliss-reactive ketones (excluding diaryl/α,β-unsaturated/α-hetero) is 1. The van der Waals surface area contributed by atoms with E-state index in [-0.39, 0.29) is 17.9 Å². The number of rotatable bonds is 4. The molecule has 0 radical (unpaired) electrons. The fraction of sp³-hybridized carbons (Fsp3) is 0.529. The van der Waals surface area contributed by atoms with Gasteiger partial charge in [0.15, 0.2) is 5.78 Å². The highest BCUT2D eigenvalue weighted by Gasteiger charge is 2.21. The summed E-state index contributed by atoms with van der Waals surface area (Å²) >= 11 is 0. The summed E-state index contributed by atoms with van der Waals surface area (Å²) in [5, 5.41) is 5.82. The molecule has 0 heterocycles. The van der Waals surface area contributed by atoms with Crippen LogP contribution in [0.2, 0.25) is 0 Å². The quantitative estimate of drug-likeness (QED) is 0.823. The number of carbonyl (C=O) groups excluding carboxylic acids is 2. The van der Waals surface area contributed by atoms with Crippen LogP contribution in [-0.2, 0) is 0 Å². The van der Waals surface area contributed by atoms with Crippen molar-refractivity contribution < 1.29 is 9.59 Å². The van der Waals surface area contributed by atoms with Crippen LogP contribution in [0, 0.1) is 5.92 Å². The predicted molar refractivity (Wildman–Crippen MR) is 84.6 cm³/mol. The Bertz CT molecular complexity index is 507. The Balaban J connectivity index is 1.89. The van der Waals surface area contributed by atoms with Gasteiger partial charge in [-0.15, -0.1) is 0 Å². The molecular formula is C17H24N2O2. The molecule has 114 valence electrons. The average molecular weight is 288 g/mol. The van der Waals surface area contributed by atoms with Gasteiger partial charge in [0.25, 0.3) is 0 Å². The minimum Gasteiger partial charge on any atom is -0.335 e. The van der Waals surface area contributed by atoms with Gasteiger partial charge >= 0.3 is 6.03 Å². The van der Waals surface area contributed by atoms with Crippen molar-refractivity contribution >= 4 is 17.5 Å². The zero-order chi connectivity index (χ0) is 15.2. The molecule has 0 aliphatic heterocycles. The molecule has 0 bridgehead atoms. The molecule has 0 spiro atoms. The predicted octanol–water partition coefficient (Wildman–Crippen LogP) is 3.98. The number of amides is 2. The van der Waals surface area contributed by atoms with Crippen LogP contribution in [0.4, 0.5) is 10.5 Å². The molecule has 2 N–H and O–H groups in total. The SMILES string of the molecule is CC(=O)c1cccc(NC(=O)NC(C)C2CCCCC2)c1. The number of anilines is 1. The first-order chi connectivity index (χ1) is 10.1. The van der Waals surface area contributed by atoms with E-state index in [1.807, 2.05) is 0 Å². The number of nitrogens with one attached hydrogen (secondary N) is 2. The summed E-state index contributed by atoms with van der Waals surface area (Å²) in [7, 11) is 0. The van der Waals surface area contributed by atoms with Crippen LogP contribution in [0.25, 0.3) is 0 Å². The maximum atomic E-state index is 12.0. The van der Waals surface area contributed by atoms with E-state index in [2.05, 4.69) is 17.6 Å². The van der Waals surface area contributed by atoms with E-state index in [0.29, 0.717) is 17.2 Å². The number of urea groups is 1. The first-order valence-electron chi connectivity index (χ1n) is 7.75. The van der Waals surface area contributed by atoms with Crippen molar-refractivity contribution in [3.8, 4) is 0 Å². The maximum absolute atomic E-state index is 12.0. The standard InChI is InChI=1S/C17H24N2O2/c1-12(14-7-4-3-5-8-14)18-17(21)19-16-10-6-9-15(11-16)13(2)20/h6,9-12,14H,3-5,7-8H2,1-2H3,(H2,18,19,21). The second-order valence-electron chi connectivity index (χ2n) is 5.92. The fourth-order valence-electron chi connectivity index (χ4n) is 2.94. The van der Waals surface area contributed by atoms with Gasteiger partial charge in [-0.05, 0) is 44.7 Å². The lowest BCUT2D eigenvalue weighted by Crippen LogP contribution is -2.41. The third kappa shape index (κ3) is 4.59. The molecule has 2 rings (SSSR count). The van der Waals surface area contributed by atoms with Gasteiger partial charge in [0.2, 0.25) is 0 Å². The van der Waals surface area contributed by atoms with Crippen LogP contribution in [-0.4, -0.2) is 17.9 Å². The molecule has 1 unspecified atom stereocenters. The Morgan fingerprint density at radius 1 is 1.19 bits per heavy atom. The van der Waals surface area contributed by atoms with E-state index in [1.54, 1.807) is 24.3 Å². The molecule has 0 saturated heterocycles. The molecule has 4 heteroatoms. The molecule has 2 amide bonds. The van der Waals surface area contributed by atoms with Gasteiger partial charge in [0.05, 0.1) is 0 Å². The molecule has 1 aliphatic rings. The Morgan fingerprint density at radius 2 is 1.90 bits per heavy atom. The fourth-order valence-corrected chi connectivity index (χ4v) is 2.94. The molecule has 1 fully saturated rings. The zero-order valence-electron chi connectivity index (χ0n) is 12.8. The molecule has 1 saturated carbocycles. The van der Waals surface area contributed by atoms with Gasteiger partial charge in [-0.2, -0.15) is 0 Å². The highest BCUT2D eigenvalue weighted by molar-refractivity contribution is 5.96. The van der Waals surface area contributed by atoms with Crippen molar-refractivity contribution in [1.82, 2.24) is 5.32 Å². The number of hydrogen-bond acceptors (Lipinski definition) is 2.